The number of nitrogens with zero attached hydrogens (tertiary/aromatic N) is 2. The largest absolute Gasteiger partial charge is 0.306 e. The zero-order valence-corrected chi connectivity index (χ0v) is 19.7. The van der Waals surface area contributed by atoms with E-state index < -0.39 is 0 Å². The molecule has 0 atom stereocenters. The van der Waals surface area contributed by atoms with E-state index in [1.807, 2.05) is 121 Å². The van der Waals surface area contributed by atoms with E-state index in [0.29, 0.717) is 24.2 Å². The first kappa shape index (κ1) is 21.8. The Balaban J connectivity index is 1.35. The van der Waals surface area contributed by atoms with Gasteiger partial charge >= 0.3 is 0 Å². The van der Waals surface area contributed by atoms with E-state index in [0.717, 1.165) is 33.6 Å². The van der Waals surface area contributed by atoms with Gasteiger partial charge in [0.05, 0.1) is 11.4 Å². The van der Waals surface area contributed by atoms with Gasteiger partial charge in [-0.05, 0) is 35.4 Å². The Hall–Kier alpha value is -4.70. The number of carbonyl (C=O) groups excluding carboxylic acids is 2. The lowest BCUT2D eigenvalue weighted by Gasteiger charge is -2.24. The van der Waals surface area contributed by atoms with E-state index in [2.05, 4.69) is 0 Å². The SMILES string of the molecule is O=C1c2ccccc2/C(=C/c2ccccc2)N1CCN1C(=O)c2ccccc2/C1=C/c1ccccc1. The molecule has 4 aromatic carbocycles. The van der Waals surface area contributed by atoms with Crippen LogP contribution in [0.4, 0.5) is 0 Å². The van der Waals surface area contributed by atoms with Crippen molar-refractivity contribution in [2.75, 3.05) is 13.1 Å². The van der Waals surface area contributed by atoms with E-state index in [1.165, 1.54) is 0 Å². The van der Waals surface area contributed by atoms with Gasteiger partial charge in [0.15, 0.2) is 0 Å². The Morgan fingerprint density at radius 2 is 0.778 bits per heavy atom. The molecule has 0 aromatic heterocycles. The van der Waals surface area contributed by atoms with Gasteiger partial charge in [0.25, 0.3) is 11.8 Å². The molecule has 0 saturated carbocycles. The lowest BCUT2D eigenvalue weighted by atomic mass is 10.1. The van der Waals surface area contributed by atoms with Crippen LogP contribution < -0.4 is 0 Å². The van der Waals surface area contributed by atoms with Crippen LogP contribution >= 0.6 is 0 Å². The van der Waals surface area contributed by atoms with Gasteiger partial charge in [0.1, 0.15) is 0 Å². The molecule has 0 unspecified atom stereocenters. The molecule has 174 valence electrons. The fourth-order valence-electron chi connectivity index (χ4n) is 4.96. The molecule has 0 saturated heterocycles. The summed E-state index contributed by atoms with van der Waals surface area (Å²) < 4.78 is 0. The summed E-state index contributed by atoms with van der Waals surface area (Å²) >= 11 is 0. The third kappa shape index (κ3) is 3.83. The lowest BCUT2D eigenvalue weighted by Crippen LogP contribution is -2.34. The molecular formula is C32H24N2O2. The number of carbonyl (C=O) groups is 2. The van der Waals surface area contributed by atoms with Gasteiger partial charge in [-0.2, -0.15) is 0 Å². The summed E-state index contributed by atoms with van der Waals surface area (Å²) in [5, 5.41) is 0. The third-order valence-electron chi connectivity index (χ3n) is 6.69. The van der Waals surface area contributed by atoms with Gasteiger partial charge in [0.2, 0.25) is 0 Å². The molecule has 0 N–H and O–H groups in total. The van der Waals surface area contributed by atoms with Crippen LogP contribution in [0.25, 0.3) is 23.5 Å². The maximum absolute atomic E-state index is 13.4. The predicted octanol–water partition coefficient (Wildman–Crippen LogP) is 6.29. The van der Waals surface area contributed by atoms with Crippen molar-refractivity contribution in [1.82, 2.24) is 9.80 Å². The van der Waals surface area contributed by atoms with Crippen LogP contribution in [0.3, 0.4) is 0 Å². The van der Waals surface area contributed by atoms with Gasteiger partial charge in [-0.1, -0.05) is 97.1 Å². The van der Waals surface area contributed by atoms with Crippen LogP contribution in [0.15, 0.2) is 109 Å². The maximum atomic E-state index is 13.4. The van der Waals surface area contributed by atoms with Crippen molar-refractivity contribution in [3.8, 4) is 0 Å². The van der Waals surface area contributed by atoms with Gasteiger partial charge in [-0.3, -0.25) is 9.59 Å². The van der Waals surface area contributed by atoms with Crippen molar-refractivity contribution < 1.29 is 9.59 Å². The molecule has 0 fully saturated rings. The molecule has 6 rings (SSSR count). The first-order valence-electron chi connectivity index (χ1n) is 12.1. The zero-order chi connectivity index (χ0) is 24.5. The summed E-state index contributed by atoms with van der Waals surface area (Å²) in [6, 6.07) is 35.4. The van der Waals surface area contributed by atoms with Crippen molar-refractivity contribution in [2.45, 2.75) is 0 Å². The summed E-state index contributed by atoms with van der Waals surface area (Å²) in [6.07, 6.45) is 4.09. The minimum Gasteiger partial charge on any atom is -0.306 e. The predicted molar refractivity (Wildman–Crippen MR) is 144 cm³/mol. The van der Waals surface area contributed by atoms with Crippen molar-refractivity contribution in [1.29, 1.82) is 0 Å². The molecule has 0 spiro atoms. The quantitative estimate of drug-likeness (QED) is 0.345. The van der Waals surface area contributed by atoms with Crippen LogP contribution in [0, 0.1) is 0 Å². The monoisotopic (exact) mass is 468 g/mol. The summed E-state index contributed by atoms with van der Waals surface area (Å²) in [4.78, 5) is 30.5. The lowest BCUT2D eigenvalue weighted by molar-refractivity contribution is 0.0792. The first-order valence-corrected chi connectivity index (χ1v) is 12.1. The van der Waals surface area contributed by atoms with Crippen LogP contribution in [-0.2, 0) is 0 Å². The molecule has 4 aromatic rings. The van der Waals surface area contributed by atoms with Crippen LogP contribution in [0.5, 0.6) is 0 Å². The van der Waals surface area contributed by atoms with Crippen molar-refractivity contribution in [3.05, 3.63) is 143 Å². The zero-order valence-electron chi connectivity index (χ0n) is 19.7. The van der Waals surface area contributed by atoms with Crippen molar-refractivity contribution >= 4 is 35.4 Å². The van der Waals surface area contributed by atoms with Gasteiger partial charge in [0, 0.05) is 35.3 Å². The first-order chi connectivity index (χ1) is 17.7. The normalized spacial score (nSPS) is 16.7. The Labute approximate surface area is 210 Å². The van der Waals surface area contributed by atoms with Crippen molar-refractivity contribution in [2.24, 2.45) is 0 Å². The summed E-state index contributed by atoms with van der Waals surface area (Å²) in [7, 11) is 0. The Bertz CT molecular complexity index is 1400. The number of hydrogen-bond acceptors (Lipinski definition) is 2. The smallest absolute Gasteiger partial charge is 0.259 e. The van der Waals surface area contributed by atoms with Crippen LogP contribution in [-0.4, -0.2) is 34.7 Å². The highest BCUT2D eigenvalue weighted by Crippen LogP contribution is 2.37. The average molecular weight is 469 g/mol. The summed E-state index contributed by atoms with van der Waals surface area (Å²) in [5.41, 5.74) is 6.99. The topological polar surface area (TPSA) is 40.6 Å². The molecule has 2 heterocycles. The van der Waals surface area contributed by atoms with Crippen LogP contribution in [0.2, 0.25) is 0 Å². The average Bonchev–Trinajstić information content (AvgIpc) is 3.34. The standard InChI is InChI=1S/C32H24N2O2/c35-31-27-17-9-7-15-25(27)29(21-23-11-3-1-4-12-23)33(31)19-20-34-30(22-24-13-5-2-6-14-24)26-16-8-10-18-28(26)32(34)36/h1-18,21-22H,19-20H2/b29-21-,30-22-. The van der Waals surface area contributed by atoms with Gasteiger partial charge < -0.3 is 9.80 Å². The van der Waals surface area contributed by atoms with Crippen molar-refractivity contribution in [3.63, 3.8) is 0 Å². The minimum atomic E-state index is -0.0365. The fraction of sp³-hybridized carbons (Fsp3) is 0.0625. The summed E-state index contributed by atoms with van der Waals surface area (Å²) in [5.74, 6) is -0.0731. The molecule has 4 nitrogen and oxygen atoms in total. The summed E-state index contributed by atoms with van der Waals surface area (Å²) in [6.45, 7) is 0.774. The Morgan fingerprint density at radius 3 is 1.17 bits per heavy atom. The van der Waals surface area contributed by atoms with E-state index in [1.54, 1.807) is 9.80 Å². The molecule has 0 radical (unpaired) electrons. The van der Waals surface area contributed by atoms with E-state index in [-0.39, 0.29) is 11.8 Å². The number of amides is 2. The van der Waals surface area contributed by atoms with E-state index in [4.69, 9.17) is 0 Å². The molecule has 0 aliphatic carbocycles. The molecule has 2 aliphatic rings. The second kappa shape index (κ2) is 9.16. The van der Waals surface area contributed by atoms with Gasteiger partial charge in [-0.25, -0.2) is 0 Å². The molecule has 4 heteroatoms. The second-order valence-corrected chi connectivity index (χ2v) is 8.89. The van der Waals surface area contributed by atoms with Crippen LogP contribution in [0.1, 0.15) is 43.0 Å². The van der Waals surface area contributed by atoms with E-state index >= 15 is 0 Å². The molecule has 2 aliphatic heterocycles. The maximum Gasteiger partial charge on any atom is 0.259 e. The Kier molecular flexibility index (Phi) is 5.55. The van der Waals surface area contributed by atoms with E-state index in [9.17, 15) is 9.59 Å². The molecular weight excluding hydrogens is 444 g/mol. The second-order valence-electron chi connectivity index (χ2n) is 8.89. The number of hydrogen-bond donors (Lipinski definition) is 0. The molecule has 0 bridgehead atoms. The number of fused-ring (bicyclic) bond motifs is 2. The fourth-order valence-corrected chi connectivity index (χ4v) is 4.96. The Morgan fingerprint density at radius 1 is 0.444 bits per heavy atom. The highest BCUT2D eigenvalue weighted by atomic mass is 16.2. The highest BCUT2D eigenvalue weighted by molar-refractivity contribution is 6.13. The third-order valence-corrected chi connectivity index (χ3v) is 6.69. The number of benzene rings is 4. The highest BCUT2D eigenvalue weighted by Gasteiger charge is 2.35. The molecule has 36 heavy (non-hydrogen) atoms. The van der Waals surface area contributed by atoms with Gasteiger partial charge in [-0.15, -0.1) is 0 Å². The number of rotatable bonds is 5. The molecule has 2 amide bonds. The minimum absolute atomic E-state index is 0.0365.